The molecule has 4 atom stereocenters. The number of nitrogens with zero attached hydrogens (tertiary/aromatic N) is 7. The van der Waals surface area contributed by atoms with E-state index in [1.54, 1.807) is 35.7 Å². The zero-order valence-corrected chi connectivity index (χ0v) is 46.6. The predicted octanol–water partition coefficient (Wildman–Crippen LogP) is 7.24. The van der Waals surface area contributed by atoms with Gasteiger partial charge in [-0.15, -0.1) is 11.3 Å². The van der Waals surface area contributed by atoms with Crippen molar-refractivity contribution in [3.8, 4) is 22.3 Å². The molecule has 18 heteroatoms. The molecule has 4 aromatic rings. The maximum Gasteiger partial charge on any atom is 0.253 e. The normalized spacial score (nSPS) is 22.9. The van der Waals surface area contributed by atoms with Crippen LogP contribution in [0, 0.1) is 40.4 Å². The molecule has 3 aliphatic heterocycles. The van der Waals surface area contributed by atoms with E-state index in [9.17, 15) is 29.5 Å². The molecule has 3 saturated heterocycles. The molecule has 0 radical (unpaired) electrons. The zero-order chi connectivity index (χ0) is 54.0. The number of carbonyl (C=O) groups is 4. The van der Waals surface area contributed by atoms with Gasteiger partial charge in [-0.25, -0.2) is 9.97 Å². The third-order valence-corrected chi connectivity index (χ3v) is 17.4. The van der Waals surface area contributed by atoms with Crippen molar-refractivity contribution in [3.63, 3.8) is 0 Å². The Morgan fingerprint density at radius 3 is 2.21 bits per heavy atom. The SMILES string of the molecule is Cc1ncsc1-c1ccc([C@H](C)NC(=O)[C@@H]2C[C@@H](O)CN2C(=O)[C@@H](NC(=O)CN2CCN(CCC3CCN(c4ccc(C(=O)N[C@H]5C(C)(C)[C@H](Oc6ccc(C#N)c(Cl)c6)C5(C)C)cn4)CC3)CC2)C(C)(C)C)cc1. The summed E-state index contributed by atoms with van der Waals surface area (Å²) in [6.07, 6.45) is 3.96. The number of likely N-dealkylation sites (tertiary alicyclic amines) is 1. The Bertz CT molecular complexity index is 2710. The quantitative estimate of drug-likeness (QED) is 0.0880. The predicted molar refractivity (Wildman–Crippen MR) is 292 cm³/mol. The molecule has 402 valence electrons. The highest BCUT2D eigenvalue weighted by molar-refractivity contribution is 7.13. The Morgan fingerprint density at radius 1 is 0.933 bits per heavy atom. The second kappa shape index (κ2) is 22.9. The van der Waals surface area contributed by atoms with Crippen molar-refractivity contribution in [2.24, 2.45) is 22.2 Å². The lowest BCUT2D eigenvalue weighted by Gasteiger charge is -2.63. The van der Waals surface area contributed by atoms with Crippen LogP contribution in [0.1, 0.15) is 114 Å². The fourth-order valence-electron chi connectivity index (χ4n) is 11.9. The molecule has 4 amide bonds. The smallest absolute Gasteiger partial charge is 0.253 e. The first-order valence-corrected chi connectivity index (χ1v) is 27.7. The lowest BCUT2D eigenvalue weighted by molar-refractivity contribution is -0.164. The number of aryl methyl sites for hydroxylation is 1. The van der Waals surface area contributed by atoms with Crippen LogP contribution in [0.3, 0.4) is 0 Å². The number of nitrogens with one attached hydrogen (secondary N) is 3. The first-order valence-electron chi connectivity index (χ1n) is 26.4. The number of hydrogen-bond acceptors (Lipinski definition) is 13. The van der Waals surface area contributed by atoms with Crippen molar-refractivity contribution in [2.75, 3.05) is 63.8 Å². The molecule has 1 saturated carbocycles. The number of nitriles is 1. The standard InChI is InChI=1S/C57H75ClN10O6S/c1-35(38-10-12-39(13-11-38)48-36(2)61-34-75-48)62-51(72)45-28-42(69)32-68(45)52(73)49(55(3,4)5)63-47(70)33-66-26-24-65(25-27-66)21-18-37-19-22-67(23-20-37)46-17-15-41(31-60-46)50(71)64-53-56(6,7)54(57(53,8)9)74-43-16-14-40(30-59)44(58)29-43/h10-17,29,31,34-35,37,42,45,49,53-54,69H,18-28,32-33H2,1-9H3,(H,62,72)(H,63,70)(H,64,71)/t35-,42+,45-,49+,53-,54-/m0/s1. The lowest BCUT2D eigenvalue weighted by Crippen LogP contribution is -2.74. The van der Waals surface area contributed by atoms with Crippen LogP contribution in [0.2, 0.25) is 5.02 Å². The minimum atomic E-state index is -0.891. The number of aliphatic hydroxyl groups is 1. The van der Waals surface area contributed by atoms with E-state index in [-0.39, 0.29) is 72.2 Å². The van der Waals surface area contributed by atoms with Crippen molar-refractivity contribution < 1.29 is 29.0 Å². The first-order chi connectivity index (χ1) is 35.5. The number of halogens is 1. The van der Waals surface area contributed by atoms with Gasteiger partial charge in [0.2, 0.25) is 17.7 Å². The second-order valence-electron chi connectivity index (χ2n) is 23.4. The minimum absolute atomic E-state index is 0.0172. The summed E-state index contributed by atoms with van der Waals surface area (Å²) in [4.78, 5) is 73.8. The van der Waals surface area contributed by atoms with Gasteiger partial charge in [0, 0.05) is 81.4 Å². The highest BCUT2D eigenvalue weighted by Crippen LogP contribution is 2.55. The van der Waals surface area contributed by atoms with Crippen molar-refractivity contribution >= 4 is 52.4 Å². The van der Waals surface area contributed by atoms with E-state index < -0.39 is 23.6 Å². The van der Waals surface area contributed by atoms with Crippen molar-refractivity contribution in [1.29, 1.82) is 5.26 Å². The number of β-amino-alcohol motifs (C(OH)–C–C–N with tert-alkyl or cyclic N) is 1. The third kappa shape index (κ3) is 12.6. The fraction of sp³-hybridized carbons (Fsp3) is 0.561. The summed E-state index contributed by atoms with van der Waals surface area (Å²) in [5.41, 5.74) is 4.28. The number of rotatable bonds is 16. The maximum atomic E-state index is 14.3. The van der Waals surface area contributed by atoms with Gasteiger partial charge in [-0.2, -0.15) is 5.26 Å². The molecule has 0 unspecified atom stereocenters. The van der Waals surface area contributed by atoms with Gasteiger partial charge in [0.25, 0.3) is 5.91 Å². The maximum absolute atomic E-state index is 14.3. The number of ether oxygens (including phenoxy) is 1. The van der Waals surface area contributed by atoms with Crippen LogP contribution in [0.5, 0.6) is 5.75 Å². The Balaban J connectivity index is 0.743. The van der Waals surface area contributed by atoms with E-state index in [1.807, 2.05) is 76.5 Å². The molecule has 75 heavy (non-hydrogen) atoms. The van der Waals surface area contributed by atoms with Gasteiger partial charge >= 0.3 is 0 Å². The molecule has 2 aromatic heterocycles. The summed E-state index contributed by atoms with van der Waals surface area (Å²) in [5, 5.41) is 29.7. The van der Waals surface area contributed by atoms with Gasteiger partial charge in [0.15, 0.2) is 0 Å². The molecule has 16 nitrogen and oxygen atoms in total. The Hall–Kier alpha value is -5.64. The van der Waals surface area contributed by atoms with Crippen molar-refractivity contribution in [2.45, 2.75) is 124 Å². The molecular formula is C57H75ClN10O6S. The zero-order valence-electron chi connectivity index (χ0n) is 45.0. The van der Waals surface area contributed by atoms with Crippen LogP contribution in [-0.2, 0) is 14.4 Å². The molecule has 0 spiro atoms. The van der Waals surface area contributed by atoms with E-state index in [0.29, 0.717) is 27.8 Å². The number of hydrogen-bond donors (Lipinski definition) is 4. The Kier molecular flexibility index (Phi) is 17.0. The number of carbonyl (C=O) groups excluding carboxylic acids is 4. The van der Waals surface area contributed by atoms with Crippen LogP contribution >= 0.6 is 22.9 Å². The first kappa shape index (κ1) is 55.6. The second-order valence-corrected chi connectivity index (χ2v) is 24.7. The molecule has 4 N–H and O–H groups in total. The van der Waals surface area contributed by atoms with E-state index in [1.165, 1.54) is 4.90 Å². The van der Waals surface area contributed by atoms with Crippen molar-refractivity contribution in [1.82, 2.24) is 40.6 Å². The van der Waals surface area contributed by atoms with Crippen LogP contribution in [0.15, 0.2) is 66.3 Å². The number of aliphatic hydroxyl groups excluding tert-OH is 1. The topological polar surface area (TPSA) is 196 Å². The van der Waals surface area contributed by atoms with E-state index >= 15 is 0 Å². The van der Waals surface area contributed by atoms with Crippen LogP contribution in [0.25, 0.3) is 10.4 Å². The van der Waals surface area contributed by atoms with E-state index in [2.05, 4.69) is 69.4 Å². The van der Waals surface area contributed by atoms with E-state index in [4.69, 9.17) is 21.3 Å². The highest BCUT2D eigenvalue weighted by Gasteiger charge is 2.64. The van der Waals surface area contributed by atoms with Gasteiger partial charge in [-0.1, -0.05) is 84.3 Å². The summed E-state index contributed by atoms with van der Waals surface area (Å²) < 4.78 is 6.39. The highest BCUT2D eigenvalue weighted by atomic mass is 35.5. The number of pyridine rings is 1. The number of thiazole rings is 1. The molecule has 4 fully saturated rings. The Labute approximate surface area is 451 Å². The number of piperazine rings is 1. The summed E-state index contributed by atoms with van der Waals surface area (Å²) in [5.74, 6) is 0.935. The molecule has 4 aliphatic rings. The van der Waals surface area contributed by atoms with Gasteiger partial charge in [0.1, 0.15) is 35.8 Å². The summed E-state index contributed by atoms with van der Waals surface area (Å²) >= 11 is 7.86. The number of aromatic nitrogens is 2. The Morgan fingerprint density at radius 2 is 1.61 bits per heavy atom. The molecule has 8 rings (SSSR count). The largest absolute Gasteiger partial charge is 0.489 e. The van der Waals surface area contributed by atoms with Gasteiger partial charge in [-0.3, -0.25) is 24.1 Å². The average Bonchev–Trinajstić information content (AvgIpc) is 4.00. The summed E-state index contributed by atoms with van der Waals surface area (Å²) in [6, 6.07) is 16.7. The lowest BCUT2D eigenvalue weighted by atomic mass is 9.49. The molecule has 1 aliphatic carbocycles. The third-order valence-electron chi connectivity index (χ3n) is 16.1. The van der Waals surface area contributed by atoms with E-state index in [0.717, 1.165) is 92.6 Å². The summed E-state index contributed by atoms with van der Waals surface area (Å²) in [6.45, 7) is 24.1. The number of amides is 4. The average molecular weight is 1060 g/mol. The molecule has 0 bridgehead atoms. The number of benzene rings is 2. The van der Waals surface area contributed by atoms with Crippen molar-refractivity contribution in [3.05, 3.63) is 93.7 Å². The minimum Gasteiger partial charge on any atom is -0.489 e. The molecule has 2 aromatic carbocycles. The fourth-order valence-corrected chi connectivity index (χ4v) is 13.0. The summed E-state index contributed by atoms with van der Waals surface area (Å²) in [7, 11) is 0. The number of piperidine rings is 1. The van der Waals surface area contributed by atoms with Gasteiger partial charge in [-0.05, 0) is 86.4 Å². The van der Waals surface area contributed by atoms with Crippen LogP contribution < -0.4 is 25.6 Å². The molecular weight excluding hydrogens is 988 g/mol. The molecule has 5 heterocycles. The number of anilines is 1. The van der Waals surface area contributed by atoms with Crippen LogP contribution in [-0.4, -0.2) is 143 Å². The monoisotopic (exact) mass is 1060 g/mol. The van der Waals surface area contributed by atoms with Gasteiger partial charge in [0.05, 0.1) is 50.9 Å². The van der Waals surface area contributed by atoms with Crippen LogP contribution in [0.4, 0.5) is 5.82 Å². The van der Waals surface area contributed by atoms with Gasteiger partial charge < -0.3 is 40.5 Å².